The lowest BCUT2D eigenvalue weighted by molar-refractivity contribution is 0.0933. The Morgan fingerprint density at radius 3 is 2.79 bits per heavy atom. The van der Waals surface area contributed by atoms with Gasteiger partial charge in [-0.15, -0.1) is 0 Å². The van der Waals surface area contributed by atoms with Crippen LogP contribution in [0.3, 0.4) is 0 Å². The van der Waals surface area contributed by atoms with Crippen molar-refractivity contribution < 1.29 is 4.79 Å². The standard InChI is InChI=1S/C23H28N4O/c28-23(27-19-7-3-1-2-4-8-19)17-11-13-24-22(15-17)25-14-12-18-16-26-21-10-6-5-9-20(18)21/h5-6,9-11,13,15-16,19,26H,1-4,7-8,12,14H2,(H,24,25)(H,27,28). The minimum Gasteiger partial charge on any atom is -0.370 e. The van der Waals surface area contributed by atoms with Crippen LogP contribution in [0.4, 0.5) is 5.82 Å². The van der Waals surface area contributed by atoms with Crippen molar-refractivity contribution in [2.24, 2.45) is 0 Å². The van der Waals surface area contributed by atoms with E-state index in [1.807, 2.05) is 12.1 Å². The summed E-state index contributed by atoms with van der Waals surface area (Å²) in [5, 5.41) is 7.81. The van der Waals surface area contributed by atoms with Crippen LogP contribution in [0.25, 0.3) is 10.9 Å². The van der Waals surface area contributed by atoms with Gasteiger partial charge >= 0.3 is 0 Å². The molecule has 0 atom stereocenters. The Morgan fingerprint density at radius 1 is 1.11 bits per heavy atom. The molecule has 0 bridgehead atoms. The maximum atomic E-state index is 12.6. The van der Waals surface area contributed by atoms with Gasteiger partial charge in [0.05, 0.1) is 0 Å². The summed E-state index contributed by atoms with van der Waals surface area (Å²) in [6.45, 7) is 0.766. The van der Waals surface area contributed by atoms with Crippen molar-refractivity contribution in [2.75, 3.05) is 11.9 Å². The van der Waals surface area contributed by atoms with Gasteiger partial charge in [0.25, 0.3) is 5.91 Å². The quantitative estimate of drug-likeness (QED) is 0.548. The second-order valence-electron chi connectivity index (χ2n) is 7.63. The van der Waals surface area contributed by atoms with E-state index in [0.29, 0.717) is 11.6 Å². The van der Waals surface area contributed by atoms with Crippen LogP contribution >= 0.6 is 0 Å². The topological polar surface area (TPSA) is 69.8 Å². The van der Waals surface area contributed by atoms with Crippen LogP contribution in [0, 0.1) is 0 Å². The number of hydrogen-bond donors (Lipinski definition) is 3. The summed E-state index contributed by atoms with van der Waals surface area (Å²) in [5.74, 6) is 0.752. The van der Waals surface area contributed by atoms with Crippen molar-refractivity contribution in [3.63, 3.8) is 0 Å². The van der Waals surface area contributed by atoms with Gasteiger partial charge in [0.1, 0.15) is 5.82 Å². The van der Waals surface area contributed by atoms with Gasteiger partial charge in [0, 0.05) is 41.4 Å². The van der Waals surface area contributed by atoms with E-state index >= 15 is 0 Å². The Morgan fingerprint density at radius 2 is 1.93 bits per heavy atom. The fraction of sp³-hybridized carbons (Fsp3) is 0.391. The average Bonchev–Trinajstić information content (AvgIpc) is 2.95. The van der Waals surface area contributed by atoms with E-state index in [1.54, 1.807) is 12.3 Å². The number of benzene rings is 1. The SMILES string of the molecule is O=C(NC1CCCCCC1)c1ccnc(NCCc2c[nH]c3ccccc23)c1. The number of carbonyl (C=O) groups is 1. The second-order valence-corrected chi connectivity index (χ2v) is 7.63. The van der Waals surface area contributed by atoms with Crippen LogP contribution in [0.1, 0.15) is 54.4 Å². The smallest absolute Gasteiger partial charge is 0.251 e. The van der Waals surface area contributed by atoms with Gasteiger partial charge in [-0.3, -0.25) is 4.79 Å². The highest BCUT2D eigenvalue weighted by molar-refractivity contribution is 5.95. The van der Waals surface area contributed by atoms with Crippen molar-refractivity contribution >= 4 is 22.6 Å². The number of aromatic nitrogens is 2. The number of para-hydroxylation sites is 1. The molecule has 1 amide bonds. The maximum Gasteiger partial charge on any atom is 0.251 e. The Balaban J connectivity index is 1.33. The molecule has 1 aliphatic rings. The first-order chi connectivity index (χ1) is 13.8. The third-order valence-corrected chi connectivity index (χ3v) is 5.59. The summed E-state index contributed by atoms with van der Waals surface area (Å²) in [6, 6.07) is 12.3. The average molecular weight is 377 g/mol. The molecule has 0 aliphatic heterocycles. The number of hydrogen-bond acceptors (Lipinski definition) is 3. The van der Waals surface area contributed by atoms with E-state index in [9.17, 15) is 4.79 Å². The van der Waals surface area contributed by atoms with Gasteiger partial charge in [0.2, 0.25) is 0 Å². The predicted octanol–water partition coefficient (Wildman–Crippen LogP) is 4.67. The number of aromatic amines is 1. The first-order valence-corrected chi connectivity index (χ1v) is 10.4. The summed E-state index contributed by atoms with van der Waals surface area (Å²) in [6.07, 6.45) is 11.8. The molecule has 146 valence electrons. The molecule has 0 spiro atoms. The zero-order chi connectivity index (χ0) is 19.2. The van der Waals surface area contributed by atoms with Crippen LogP contribution in [-0.2, 0) is 6.42 Å². The monoisotopic (exact) mass is 376 g/mol. The molecular weight excluding hydrogens is 348 g/mol. The van der Waals surface area contributed by atoms with E-state index in [1.165, 1.54) is 36.6 Å². The third-order valence-electron chi connectivity index (χ3n) is 5.59. The lowest BCUT2D eigenvalue weighted by atomic mass is 10.1. The summed E-state index contributed by atoms with van der Waals surface area (Å²) in [7, 11) is 0. The fourth-order valence-electron chi connectivity index (χ4n) is 4.02. The molecule has 2 aromatic heterocycles. The maximum absolute atomic E-state index is 12.6. The molecule has 28 heavy (non-hydrogen) atoms. The van der Waals surface area contributed by atoms with Gasteiger partial charge in [-0.05, 0) is 43.0 Å². The van der Waals surface area contributed by atoms with Crippen molar-refractivity contribution in [3.8, 4) is 0 Å². The lowest BCUT2D eigenvalue weighted by Crippen LogP contribution is -2.34. The fourth-order valence-corrected chi connectivity index (χ4v) is 4.02. The Bertz CT molecular complexity index is 925. The zero-order valence-electron chi connectivity index (χ0n) is 16.2. The largest absolute Gasteiger partial charge is 0.370 e. The number of carbonyl (C=O) groups excluding carboxylic acids is 1. The molecule has 5 heteroatoms. The van der Waals surface area contributed by atoms with Crippen molar-refractivity contribution in [1.82, 2.24) is 15.3 Å². The molecular formula is C23H28N4O. The first kappa shape index (κ1) is 18.5. The Labute approximate surface area is 166 Å². The van der Waals surface area contributed by atoms with E-state index in [4.69, 9.17) is 0 Å². The molecule has 4 rings (SSSR count). The molecule has 1 saturated carbocycles. The number of rotatable bonds is 6. The van der Waals surface area contributed by atoms with Crippen LogP contribution in [0.15, 0.2) is 48.8 Å². The van der Waals surface area contributed by atoms with Gasteiger partial charge in [-0.25, -0.2) is 4.98 Å². The highest BCUT2D eigenvalue weighted by atomic mass is 16.1. The molecule has 1 fully saturated rings. The minimum absolute atomic E-state index is 0.00831. The predicted molar refractivity (Wildman–Crippen MR) is 114 cm³/mol. The zero-order valence-corrected chi connectivity index (χ0v) is 16.2. The second kappa shape index (κ2) is 8.91. The Hall–Kier alpha value is -2.82. The molecule has 1 aromatic carbocycles. The van der Waals surface area contributed by atoms with E-state index < -0.39 is 0 Å². The van der Waals surface area contributed by atoms with Gasteiger partial charge in [-0.2, -0.15) is 0 Å². The van der Waals surface area contributed by atoms with Gasteiger partial charge in [0.15, 0.2) is 0 Å². The van der Waals surface area contributed by atoms with Crippen molar-refractivity contribution in [2.45, 2.75) is 51.0 Å². The molecule has 3 N–H and O–H groups in total. The van der Waals surface area contributed by atoms with E-state index in [-0.39, 0.29) is 5.91 Å². The number of amides is 1. The number of pyridine rings is 1. The first-order valence-electron chi connectivity index (χ1n) is 10.4. The van der Waals surface area contributed by atoms with Gasteiger partial charge in [-0.1, -0.05) is 43.9 Å². The van der Waals surface area contributed by atoms with E-state index in [0.717, 1.165) is 37.1 Å². The molecule has 1 aliphatic carbocycles. The molecule has 0 unspecified atom stereocenters. The van der Waals surface area contributed by atoms with E-state index in [2.05, 4.69) is 45.0 Å². The lowest BCUT2D eigenvalue weighted by Gasteiger charge is -2.16. The van der Waals surface area contributed by atoms with Crippen molar-refractivity contribution in [3.05, 3.63) is 59.9 Å². The highest BCUT2D eigenvalue weighted by Gasteiger charge is 2.16. The van der Waals surface area contributed by atoms with Crippen LogP contribution < -0.4 is 10.6 Å². The number of nitrogens with zero attached hydrogens (tertiary/aromatic N) is 1. The molecule has 0 radical (unpaired) electrons. The summed E-state index contributed by atoms with van der Waals surface area (Å²) < 4.78 is 0. The number of H-pyrrole nitrogens is 1. The highest BCUT2D eigenvalue weighted by Crippen LogP contribution is 2.19. The number of fused-ring (bicyclic) bond motifs is 1. The number of nitrogens with one attached hydrogen (secondary N) is 3. The summed E-state index contributed by atoms with van der Waals surface area (Å²) >= 11 is 0. The van der Waals surface area contributed by atoms with Crippen LogP contribution in [0.2, 0.25) is 0 Å². The Kier molecular flexibility index (Phi) is 5.90. The molecule has 5 nitrogen and oxygen atoms in total. The summed E-state index contributed by atoms with van der Waals surface area (Å²) in [5.41, 5.74) is 3.12. The van der Waals surface area contributed by atoms with Crippen molar-refractivity contribution in [1.29, 1.82) is 0 Å². The van der Waals surface area contributed by atoms with Crippen LogP contribution in [-0.4, -0.2) is 28.5 Å². The third kappa shape index (κ3) is 4.53. The van der Waals surface area contributed by atoms with Crippen LogP contribution in [0.5, 0.6) is 0 Å². The molecule has 2 heterocycles. The molecule has 3 aromatic rings. The van der Waals surface area contributed by atoms with Gasteiger partial charge < -0.3 is 15.6 Å². The normalized spacial score (nSPS) is 15.3. The minimum atomic E-state index is 0.00831. The summed E-state index contributed by atoms with van der Waals surface area (Å²) in [4.78, 5) is 20.3. The molecule has 0 saturated heterocycles. The number of anilines is 1.